The monoisotopic (exact) mass is 298 g/mol. The van der Waals surface area contributed by atoms with Gasteiger partial charge in [-0.2, -0.15) is 0 Å². The molecule has 2 nitrogen and oxygen atoms in total. The summed E-state index contributed by atoms with van der Waals surface area (Å²) in [4.78, 5) is 2.39. The molecule has 2 aromatic rings. The van der Waals surface area contributed by atoms with Crippen molar-refractivity contribution in [2.45, 2.75) is 39.4 Å². The van der Waals surface area contributed by atoms with E-state index in [9.17, 15) is 4.39 Å². The van der Waals surface area contributed by atoms with Gasteiger partial charge in [0.05, 0.1) is 0 Å². The van der Waals surface area contributed by atoms with Crippen LogP contribution in [0.15, 0.2) is 42.5 Å². The van der Waals surface area contributed by atoms with Crippen LogP contribution in [0.4, 0.5) is 10.1 Å². The molecule has 0 fully saturated rings. The fourth-order valence-electron chi connectivity index (χ4n) is 3.07. The molecule has 0 aliphatic carbocycles. The third kappa shape index (κ3) is 3.30. The summed E-state index contributed by atoms with van der Waals surface area (Å²) in [7, 11) is 0. The molecule has 0 amide bonds. The number of hydrogen-bond donors (Lipinski definition) is 1. The van der Waals surface area contributed by atoms with E-state index in [1.54, 1.807) is 0 Å². The van der Waals surface area contributed by atoms with Gasteiger partial charge in [0, 0.05) is 30.9 Å². The molecular formula is C19H23FN2. The van der Waals surface area contributed by atoms with Crippen LogP contribution < -0.4 is 10.2 Å². The first-order chi connectivity index (χ1) is 10.4. The molecule has 0 radical (unpaired) electrons. The smallest absolute Gasteiger partial charge is 0.123 e. The van der Waals surface area contributed by atoms with Crippen LogP contribution in [0.3, 0.4) is 0 Å². The van der Waals surface area contributed by atoms with Gasteiger partial charge in [0.1, 0.15) is 5.82 Å². The maximum atomic E-state index is 13.1. The zero-order chi connectivity index (χ0) is 15.7. The van der Waals surface area contributed by atoms with Crippen LogP contribution in [0.5, 0.6) is 0 Å². The molecule has 0 bridgehead atoms. The van der Waals surface area contributed by atoms with Gasteiger partial charge in [-0.1, -0.05) is 29.8 Å². The van der Waals surface area contributed by atoms with Crippen LogP contribution in [0.1, 0.15) is 30.5 Å². The minimum Gasteiger partial charge on any atom is -0.365 e. The van der Waals surface area contributed by atoms with Gasteiger partial charge in [0.15, 0.2) is 0 Å². The maximum absolute atomic E-state index is 13.1. The predicted octanol–water partition coefficient (Wildman–Crippen LogP) is 4.02. The van der Waals surface area contributed by atoms with Crippen molar-refractivity contribution in [2.75, 3.05) is 11.4 Å². The zero-order valence-corrected chi connectivity index (χ0v) is 13.5. The molecule has 1 aliphatic rings. The highest BCUT2D eigenvalue weighted by molar-refractivity contribution is 5.56. The second-order valence-electron chi connectivity index (χ2n) is 6.85. The Hall–Kier alpha value is -1.87. The molecule has 1 aliphatic heterocycles. The van der Waals surface area contributed by atoms with E-state index in [1.165, 1.54) is 28.9 Å². The van der Waals surface area contributed by atoms with Crippen LogP contribution >= 0.6 is 0 Å². The van der Waals surface area contributed by atoms with Gasteiger partial charge in [0.2, 0.25) is 0 Å². The highest BCUT2D eigenvalue weighted by Gasteiger charge is 2.26. The summed E-state index contributed by atoms with van der Waals surface area (Å²) in [6, 6.07) is 13.4. The molecular weight excluding hydrogens is 275 g/mol. The summed E-state index contributed by atoms with van der Waals surface area (Å²) in [6.07, 6.45) is 0. The van der Waals surface area contributed by atoms with Crippen molar-refractivity contribution in [2.24, 2.45) is 0 Å². The molecule has 0 spiro atoms. The molecule has 0 atom stereocenters. The van der Waals surface area contributed by atoms with E-state index in [4.69, 9.17) is 0 Å². The fourth-order valence-corrected chi connectivity index (χ4v) is 3.07. The Morgan fingerprint density at radius 3 is 2.59 bits per heavy atom. The Morgan fingerprint density at radius 1 is 1.14 bits per heavy atom. The number of anilines is 1. The van der Waals surface area contributed by atoms with Gasteiger partial charge in [-0.25, -0.2) is 4.39 Å². The number of halogens is 1. The van der Waals surface area contributed by atoms with E-state index in [-0.39, 0.29) is 11.4 Å². The molecule has 0 aromatic heterocycles. The van der Waals surface area contributed by atoms with Gasteiger partial charge in [-0.05, 0) is 50.1 Å². The molecule has 0 saturated heterocycles. The van der Waals surface area contributed by atoms with Crippen molar-refractivity contribution < 1.29 is 4.39 Å². The second kappa shape index (κ2) is 5.73. The molecule has 0 saturated carbocycles. The van der Waals surface area contributed by atoms with Gasteiger partial charge >= 0.3 is 0 Å². The first kappa shape index (κ1) is 15.0. The van der Waals surface area contributed by atoms with Crippen molar-refractivity contribution in [3.8, 4) is 0 Å². The van der Waals surface area contributed by atoms with Crippen LogP contribution in [-0.2, 0) is 13.1 Å². The largest absolute Gasteiger partial charge is 0.365 e. The summed E-state index contributed by atoms with van der Waals surface area (Å²) < 4.78 is 13.1. The summed E-state index contributed by atoms with van der Waals surface area (Å²) >= 11 is 0. The topological polar surface area (TPSA) is 15.3 Å². The number of benzene rings is 2. The Labute approximate surface area is 132 Å². The Bertz CT molecular complexity index is 662. The number of rotatable bonds is 2. The normalized spacial score (nSPS) is 17.0. The standard InChI is InChI=1S/C19H23FN2/c1-14-4-9-18-16(10-14)11-21-19(2,3)13-22(18)12-15-5-7-17(20)8-6-15/h4-10,21H,11-13H2,1-3H3. The Kier molecular flexibility index (Phi) is 3.92. The Balaban J connectivity index is 1.94. The van der Waals surface area contributed by atoms with E-state index in [0.29, 0.717) is 0 Å². The zero-order valence-electron chi connectivity index (χ0n) is 13.5. The van der Waals surface area contributed by atoms with E-state index >= 15 is 0 Å². The van der Waals surface area contributed by atoms with Crippen LogP contribution in [0, 0.1) is 12.7 Å². The van der Waals surface area contributed by atoms with E-state index < -0.39 is 0 Å². The number of aryl methyl sites for hydroxylation is 1. The first-order valence-electron chi connectivity index (χ1n) is 7.77. The van der Waals surface area contributed by atoms with Gasteiger partial charge in [-0.15, -0.1) is 0 Å². The number of fused-ring (bicyclic) bond motifs is 1. The van der Waals surface area contributed by atoms with Crippen LogP contribution in [-0.4, -0.2) is 12.1 Å². The second-order valence-corrected chi connectivity index (χ2v) is 6.85. The number of nitrogens with one attached hydrogen (secondary N) is 1. The van der Waals surface area contributed by atoms with Gasteiger partial charge in [0.25, 0.3) is 0 Å². The third-order valence-electron chi connectivity index (χ3n) is 4.21. The van der Waals surface area contributed by atoms with Crippen LogP contribution in [0.2, 0.25) is 0 Å². The predicted molar refractivity (Wildman–Crippen MR) is 89.5 cm³/mol. The van der Waals surface area contributed by atoms with Crippen molar-refractivity contribution in [1.29, 1.82) is 0 Å². The molecule has 116 valence electrons. The highest BCUT2D eigenvalue weighted by atomic mass is 19.1. The highest BCUT2D eigenvalue weighted by Crippen LogP contribution is 2.28. The van der Waals surface area contributed by atoms with E-state index in [1.807, 2.05) is 12.1 Å². The lowest BCUT2D eigenvalue weighted by atomic mass is 10.0. The minimum atomic E-state index is -0.183. The molecule has 1 heterocycles. The summed E-state index contributed by atoms with van der Waals surface area (Å²) in [5, 5.41) is 3.63. The molecule has 2 aromatic carbocycles. The number of hydrogen-bond acceptors (Lipinski definition) is 2. The lowest BCUT2D eigenvalue weighted by Gasteiger charge is -2.32. The molecule has 0 unspecified atom stereocenters. The number of nitrogens with zero attached hydrogens (tertiary/aromatic N) is 1. The Morgan fingerprint density at radius 2 is 1.86 bits per heavy atom. The summed E-state index contributed by atoms with van der Waals surface area (Å²) in [5.41, 5.74) is 5.04. The average molecular weight is 298 g/mol. The molecule has 3 heteroatoms. The van der Waals surface area contributed by atoms with Crippen molar-refractivity contribution in [3.05, 3.63) is 65.0 Å². The first-order valence-corrected chi connectivity index (χ1v) is 7.77. The SMILES string of the molecule is Cc1ccc2c(c1)CNC(C)(C)CN2Cc1ccc(F)cc1. The van der Waals surface area contributed by atoms with Crippen LogP contribution in [0.25, 0.3) is 0 Å². The van der Waals surface area contributed by atoms with E-state index in [2.05, 4.69) is 49.2 Å². The van der Waals surface area contributed by atoms with Crippen molar-refractivity contribution in [1.82, 2.24) is 5.32 Å². The van der Waals surface area contributed by atoms with Crippen molar-refractivity contribution >= 4 is 5.69 Å². The van der Waals surface area contributed by atoms with E-state index in [0.717, 1.165) is 25.2 Å². The molecule has 22 heavy (non-hydrogen) atoms. The summed E-state index contributed by atoms with van der Waals surface area (Å²) in [6.45, 7) is 9.17. The average Bonchev–Trinajstić information content (AvgIpc) is 2.58. The maximum Gasteiger partial charge on any atom is 0.123 e. The van der Waals surface area contributed by atoms with Gasteiger partial charge in [-0.3, -0.25) is 0 Å². The quantitative estimate of drug-likeness (QED) is 0.901. The fraction of sp³-hybridized carbons (Fsp3) is 0.368. The van der Waals surface area contributed by atoms with Gasteiger partial charge < -0.3 is 10.2 Å². The molecule has 3 rings (SSSR count). The lowest BCUT2D eigenvalue weighted by molar-refractivity contribution is 0.395. The van der Waals surface area contributed by atoms with Crippen molar-refractivity contribution in [3.63, 3.8) is 0 Å². The molecule has 1 N–H and O–H groups in total. The summed E-state index contributed by atoms with van der Waals surface area (Å²) in [5.74, 6) is -0.183. The lowest BCUT2D eigenvalue weighted by Crippen LogP contribution is -2.46. The minimum absolute atomic E-state index is 0.0347. The third-order valence-corrected chi connectivity index (χ3v) is 4.21.